The van der Waals surface area contributed by atoms with Gasteiger partial charge in [0.1, 0.15) is 18.7 Å². The molecule has 114 valence electrons. The van der Waals surface area contributed by atoms with Crippen molar-refractivity contribution < 1.29 is 4.74 Å². The fourth-order valence-electron chi connectivity index (χ4n) is 2.14. The molecule has 0 aliphatic rings. The number of rotatable bonds is 8. The summed E-state index contributed by atoms with van der Waals surface area (Å²) in [6, 6.07) is 8.76. The molecular weight excluding hydrogens is 264 g/mol. The molecule has 5 heteroatoms. The van der Waals surface area contributed by atoms with Gasteiger partial charge in [-0.3, -0.25) is 4.68 Å². The summed E-state index contributed by atoms with van der Waals surface area (Å²) < 4.78 is 7.43. The summed E-state index contributed by atoms with van der Waals surface area (Å²) in [5.41, 5.74) is 1.32. The van der Waals surface area contributed by atoms with Crippen LogP contribution in [-0.4, -0.2) is 27.4 Å². The van der Waals surface area contributed by atoms with Gasteiger partial charge in [-0.25, -0.2) is 4.98 Å². The molecule has 1 unspecified atom stereocenters. The monoisotopic (exact) mass is 288 g/mol. The zero-order valence-electron chi connectivity index (χ0n) is 13.0. The second-order valence-electron chi connectivity index (χ2n) is 5.29. The second-order valence-corrected chi connectivity index (χ2v) is 5.29. The van der Waals surface area contributed by atoms with Crippen LogP contribution in [0.1, 0.15) is 31.7 Å². The molecule has 0 bridgehead atoms. The van der Waals surface area contributed by atoms with Crippen molar-refractivity contribution >= 4 is 0 Å². The second kappa shape index (κ2) is 7.78. The van der Waals surface area contributed by atoms with Gasteiger partial charge in [-0.05, 0) is 44.0 Å². The Morgan fingerprint density at radius 3 is 2.67 bits per heavy atom. The molecule has 1 aromatic heterocycles. The average molecular weight is 288 g/mol. The van der Waals surface area contributed by atoms with E-state index in [1.165, 1.54) is 18.3 Å². The lowest BCUT2D eigenvalue weighted by Crippen LogP contribution is -2.28. The van der Waals surface area contributed by atoms with Gasteiger partial charge in [-0.1, -0.05) is 19.1 Å². The molecule has 1 heterocycles. The molecular formula is C16H24N4O. The standard InChI is InChI=1S/C16H24N4O/c1-4-9-17-13(2)10-14-5-7-15(8-6-14)21-11-16-18-12-19-20(16)3/h5-8,12-13,17H,4,9-11H2,1-3H3. The zero-order chi connectivity index (χ0) is 15.1. The highest BCUT2D eigenvalue weighted by Crippen LogP contribution is 2.14. The Labute approximate surface area is 126 Å². The molecule has 0 aliphatic carbocycles. The Morgan fingerprint density at radius 1 is 1.29 bits per heavy atom. The van der Waals surface area contributed by atoms with Crippen molar-refractivity contribution in [3.05, 3.63) is 42.0 Å². The highest BCUT2D eigenvalue weighted by molar-refractivity contribution is 5.27. The van der Waals surface area contributed by atoms with Crippen LogP contribution < -0.4 is 10.1 Å². The molecule has 0 radical (unpaired) electrons. The van der Waals surface area contributed by atoms with Crippen LogP contribution >= 0.6 is 0 Å². The third kappa shape index (κ3) is 4.86. The van der Waals surface area contributed by atoms with E-state index in [4.69, 9.17) is 4.74 Å². The van der Waals surface area contributed by atoms with E-state index in [0.717, 1.165) is 24.5 Å². The summed E-state index contributed by atoms with van der Waals surface area (Å²) in [5.74, 6) is 1.67. The molecule has 0 fully saturated rings. The predicted molar refractivity (Wildman–Crippen MR) is 83.2 cm³/mol. The van der Waals surface area contributed by atoms with Gasteiger partial charge >= 0.3 is 0 Å². The van der Waals surface area contributed by atoms with Crippen molar-refractivity contribution in [2.75, 3.05) is 6.54 Å². The first-order chi connectivity index (χ1) is 10.2. The lowest BCUT2D eigenvalue weighted by molar-refractivity contribution is 0.289. The van der Waals surface area contributed by atoms with E-state index in [1.807, 2.05) is 19.2 Å². The number of benzene rings is 1. The van der Waals surface area contributed by atoms with Gasteiger partial charge in [0.15, 0.2) is 5.82 Å². The van der Waals surface area contributed by atoms with E-state index in [9.17, 15) is 0 Å². The van der Waals surface area contributed by atoms with Crippen molar-refractivity contribution in [2.24, 2.45) is 7.05 Å². The fourth-order valence-corrected chi connectivity index (χ4v) is 2.14. The molecule has 0 saturated heterocycles. The van der Waals surface area contributed by atoms with Crippen molar-refractivity contribution in [3.8, 4) is 5.75 Å². The Balaban J connectivity index is 1.83. The van der Waals surface area contributed by atoms with E-state index in [1.54, 1.807) is 4.68 Å². The first kappa shape index (κ1) is 15.5. The van der Waals surface area contributed by atoms with E-state index in [0.29, 0.717) is 12.6 Å². The van der Waals surface area contributed by atoms with Crippen LogP contribution in [0.15, 0.2) is 30.6 Å². The molecule has 1 atom stereocenters. The lowest BCUT2D eigenvalue weighted by Gasteiger charge is -2.13. The first-order valence-electron chi connectivity index (χ1n) is 7.47. The van der Waals surface area contributed by atoms with E-state index in [2.05, 4.69) is 41.4 Å². The SMILES string of the molecule is CCCNC(C)Cc1ccc(OCc2ncnn2C)cc1. The Kier molecular flexibility index (Phi) is 5.75. The van der Waals surface area contributed by atoms with Crippen LogP contribution in [0.25, 0.3) is 0 Å². The number of nitrogens with one attached hydrogen (secondary N) is 1. The Bertz CT molecular complexity index is 535. The number of nitrogens with zero attached hydrogens (tertiary/aromatic N) is 3. The van der Waals surface area contributed by atoms with Gasteiger partial charge in [0, 0.05) is 13.1 Å². The molecule has 0 saturated carbocycles. The quantitative estimate of drug-likeness (QED) is 0.810. The van der Waals surface area contributed by atoms with Gasteiger partial charge in [-0.2, -0.15) is 5.10 Å². The maximum Gasteiger partial charge on any atom is 0.164 e. The highest BCUT2D eigenvalue weighted by Gasteiger charge is 2.04. The number of hydrogen-bond donors (Lipinski definition) is 1. The molecule has 1 N–H and O–H groups in total. The maximum absolute atomic E-state index is 5.72. The van der Waals surface area contributed by atoms with Gasteiger partial charge in [0.05, 0.1) is 0 Å². The minimum atomic E-state index is 0.435. The topological polar surface area (TPSA) is 52.0 Å². The van der Waals surface area contributed by atoms with Crippen LogP contribution in [0.5, 0.6) is 5.75 Å². The molecule has 21 heavy (non-hydrogen) atoms. The normalized spacial score (nSPS) is 12.3. The van der Waals surface area contributed by atoms with Crippen molar-refractivity contribution in [1.29, 1.82) is 0 Å². The summed E-state index contributed by atoms with van der Waals surface area (Å²) in [6.07, 6.45) is 3.73. The van der Waals surface area contributed by atoms with Crippen LogP contribution in [0.3, 0.4) is 0 Å². The number of ether oxygens (including phenoxy) is 1. The molecule has 1 aromatic carbocycles. The summed E-state index contributed by atoms with van der Waals surface area (Å²) in [4.78, 5) is 4.13. The predicted octanol–water partition coefficient (Wildman–Crippen LogP) is 2.32. The molecule has 2 rings (SSSR count). The fraction of sp³-hybridized carbons (Fsp3) is 0.500. The summed E-state index contributed by atoms with van der Waals surface area (Å²) in [7, 11) is 1.86. The van der Waals surface area contributed by atoms with Crippen molar-refractivity contribution in [1.82, 2.24) is 20.1 Å². The Morgan fingerprint density at radius 2 is 2.05 bits per heavy atom. The van der Waals surface area contributed by atoms with Crippen molar-refractivity contribution in [2.45, 2.75) is 39.3 Å². The van der Waals surface area contributed by atoms with Crippen LogP contribution in [-0.2, 0) is 20.1 Å². The smallest absolute Gasteiger partial charge is 0.164 e. The summed E-state index contributed by atoms with van der Waals surface area (Å²) in [5, 5.41) is 7.51. The molecule has 0 spiro atoms. The third-order valence-corrected chi connectivity index (χ3v) is 3.38. The van der Waals surface area contributed by atoms with Gasteiger partial charge in [-0.15, -0.1) is 0 Å². The third-order valence-electron chi connectivity index (χ3n) is 3.38. The van der Waals surface area contributed by atoms with E-state index < -0.39 is 0 Å². The average Bonchev–Trinajstić information content (AvgIpc) is 2.90. The molecule has 0 aliphatic heterocycles. The Hall–Kier alpha value is -1.88. The van der Waals surface area contributed by atoms with Gasteiger partial charge in [0.25, 0.3) is 0 Å². The molecule has 2 aromatic rings. The number of aromatic nitrogens is 3. The van der Waals surface area contributed by atoms with Crippen LogP contribution in [0, 0.1) is 0 Å². The maximum atomic E-state index is 5.72. The highest BCUT2D eigenvalue weighted by atomic mass is 16.5. The van der Waals surface area contributed by atoms with Crippen LogP contribution in [0.2, 0.25) is 0 Å². The number of aryl methyl sites for hydroxylation is 1. The number of hydrogen-bond acceptors (Lipinski definition) is 4. The molecule has 0 amide bonds. The first-order valence-corrected chi connectivity index (χ1v) is 7.47. The van der Waals surface area contributed by atoms with E-state index in [-0.39, 0.29) is 0 Å². The molecule has 5 nitrogen and oxygen atoms in total. The van der Waals surface area contributed by atoms with Crippen LogP contribution in [0.4, 0.5) is 0 Å². The van der Waals surface area contributed by atoms with Crippen molar-refractivity contribution in [3.63, 3.8) is 0 Å². The zero-order valence-corrected chi connectivity index (χ0v) is 13.0. The van der Waals surface area contributed by atoms with E-state index >= 15 is 0 Å². The summed E-state index contributed by atoms with van der Waals surface area (Å²) >= 11 is 0. The van der Waals surface area contributed by atoms with Gasteiger partial charge in [0.2, 0.25) is 0 Å². The summed E-state index contributed by atoms with van der Waals surface area (Å²) in [6.45, 7) is 5.90. The lowest BCUT2D eigenvalue weighted by atomic mass is 10.1. The largest absolute Gasteiger partial charge is 0.486 e. The minimum Gasteiger partial charge on any atom is -0.486 e. The van der Waals surface area contributed by atoms with Gasteiger partial charge < -0.3 is 10.1 Å². The minimum absolute atomic E-state index is 0.435.